The molecule has 3 N–H and O–H groups in total. The van der Waals surface area contributed by atoms with Gasteiger partial charge in [-0.25, -0.2) is 4.98 Å². The molecule has 0 radical (unpaired) electrons. The van der Waals surface area contributed by atoms with E-state index in [1.165, 1.54) is 0 Å². The van der Waals surface area contributed by atoms with E-state index in [1.54, 1.807) is 17.5 Å². The van der Waals surface area contributed by atoms with E-state index in [0.29, 0.717) is 13.0 Å². The van der Waals surface area contributed by atoms with Crippen LogP contribution in [0.25, 0.3) is 10.6 Å². The Morgan fingerprint density at radius 1 is 1.50 bits per heavy atom. The van der Waals surface area contributed by atoms with Gasteiger partial charge in [0.05, 0.1) is 6.61 Å². The summed E-state index contributed by atoms with van der Waals surface area (Å²) >= 11 is 1.56. The number of carbonyl (C=O) groups excluding carboxylic acids is 1. The first-order chi connectivity index (χ1) is 9.67. The third-order valence-corrected chi connectivity index (χ3v) is 4.13. The van der Waals surface area contributed by atoms with E-state index in [9.17, 15) is 4.79 Å². The Morgan fingerprint density at radius 2 is 2.40 bits per heavy atom. The molecular formula is C14H15N3O2S. The van der Waals surface area contributed by atoms with Gasteiger partial charge in [-0.05, 0) is 18.6 Å². The van der Waals surface area contributed by atoms with E-state index < -0.39 is 5.54 Å². The molecule has 5 nitrogen and oxygen atoms in total. The molecule has 1 aromatic carbocycles. The van der Waals surface area contributed by atoms with Crippen LogP contribution in [0.3, 0.4) is 0 Å². The lowest BCUT2D eigenvalue weighted by atomic mass is 9.99. The minimum absolute atomic E-state index is 0.203. The zero-order chi connectivity index (χ0) is 14.0. The van der Waals surface area contributed by atoms with Crippen LogP contribution in [-0.2, 0) is 9.53 Å². The summed E-state index contributed by atoms with van der Waals surface area (Å²) in [6.45, 7) is 0.800. The van der Waals surface area contributed by atoms with Crippen LogP contribution in [0.2, 0.25) is 0 Å². The molecule has 0 bridgehead atoms. The number of hydrogen-bond donors (Lipinski definition) is 2. The van der Waals surface area contributed by atoms with Gasteiger partial charge < -0.3 is 15.8 Å². The maximum Gasteiger partial charge on any atom is 0.246 e. The zero-order valence-electron chi connectivity index (χ0n) is 10.8. The van der Waals surface area contributed by atoms with Crippen molar-refractivity contribution in [2.75, 3.05) is 18.5 Å². The van der Waals surface area contributed by atoms with Crippen molar-refractivity contribution in [1.29, 1.82) is 0 Å². The van der Waals surface area contributed by atoms with Gasteiger partial charge in [0, 0.05) is 29.4 Å². The van der Waals surface area contributed by atoms with Crippen LogP contribution in [0.15, 0.2) is 35.8 Å². The van der Waals surface area contributed by atoms with Crippen molar-refractivity contribution in [2.45, 2.75) is 12.0 Å². The molecule has 2 heterocycles. The summed E-state index contributed by atoms with van der Waals surface area (Å²) in [5.41, 5.74) is 6.82. The third kappa shape index (κ3) is 2.58. The Kier molecular flexibility index (Phi) is 3.52. The number of anilines is 1. The molecule has 6 heteroatoms. The van der Waals surface area contributed by atoms with Gasteiger partial charge in [-0.15, -0.1) is 11.3 Å². The Balaban J connectivity index is 1.78. The topological polar surface area (TPSA) is 77.2 Å². The molecule has 3 rings (SSSR count). The summed E-state index contributed by atoms with van der Waals surface area (Å²) in [6, 6.07) is 7.59. The second-order valence-electron chi connectivity index (χ2n) is 4.83. The highest BCUT2D eigenvalue weighted by Gasteiger charge is 2.38. The Labute approximate surface area is 120 Å². The van der Waals surface area contributed by atoms with E-state index in [4.69, 9.17) is 10.5 Å². The SMILES string of the molecule is NC1(C(=O)Nc2cccc(-c3nccs3)c2)CCOC1. The molecule has 1 saturated heterocycles. The fraction of sp³-hybridized carbons (Fsp3) is 0.286. The van der Waals surface area contributed by atoms with Crippen molar-refractivity contribution in [2.24, 2.45) is 5.73 Å². The highest BCUT2D eigenvalue weighted by atomic mass is 32.1. The molecule has 1 aliphatic rings. The number of nitrogens with two attached hydrogens (primary N) is 1. The summed E-state index contributed by atoms with van der Waals surface area (Å²) in [6.07, 6.45) is 2.31. The van der Waals surface area contributed by atoms with Gasteiger partial charge in [-0.3, -0.25) is 4.79 Å². The highest BCUT2D eigenvalue weighted by molar-refractivity contribution is 7.13. The summed E-state index contributed by atoms with van der Waals surface area (Å²) < 4.78 is 5.21. The minimum atomic E-state index is -0.919. The predicted molar refractivity (Wildman–Crippen MR) is 78.5 cm³/mol. The summed E-state index contributed by atoms with van der Waals surface area (Å²) in [4.78, 5) is 16.5. The van der Waals surface area contributed by atoms with Crippen LogP contribution < -0.4 is 11.1 Å². The molecule has 1 aliphatic heterocycles. The number of nitrogens with one attached hydrogen (secondary N) is 1. The molecule has 1 amide bonds. The number of hydrogen-bond acceptors (Lipinski definition) is 5. The average molecular weight is 289 g/mol. The summed E-state index contributed by atoms with van der Waals surface area (Å²) in [5, 5.41) is 5.71. The van der Waals surface area contributed by atoms with Crippen molar-refractivity contribution in [3.05, 3.63) is 35.8 Å². The van der Waals surface area contributed by atoms with Gasteiger partial charge in [0.25, 0.3) is 0 Å². The Bertz CT molecular complexity index is 607. The number of rotatable bonds is 3. The molecule has 0 saturated carbocycles. The monoisotopic (exact) mass is 289 g/mol. The van der Waals surface area contributed by atoms with Gasteiger partial charge in [0.1, 0.15) is 10.5 Å². The van der Waals surface area contributed by atoms with Gasteiger partial charge in [-0.1, -0.05) is 12.1 Å². The molecule has 1 unspecified atom stereocenters. The van der Waals surface area contributed by atoms with E-state index in [2.05, 4.69) is 10.3 Å². The standard InChI is InChI=1S/C14H15N3O2S/c15-14(4-6-19-9-14)13(18)17-11-3-1-2-10(8-11)12-16-5-7-20-12/h1-3,5,7-8H,4,6,9,15H2,(H,17,18). The second kappa shape index (κ2) is 5.32. The molecule has 104 valence electrons. The van der Waals surface area contributed by atoms with Crippen molar-refractivity contribution >= 4 is 22.9 Å². The van der Waals surface area contributed by atoms with Crippen LogP contribution in [-0.4, -0.2) is 29.6 Å². The van der Waals surface area contributed by atoms with E-state index in [1.807, 2.05) is 29.6 Å². The number of ether oxygens (including phenoxy) is 1. The predicted octanol–water partition coefficient (Wildman–Crippen LogP) is 1.87. The Hall–Kier alpha value is -1.76. The minimum Gasteiger partial charge on any atom is -0.379 e. The summed E-state index contributed by atoms with van der Waals surface area (Å²) in [7, 11) is 0. The van der Waals surface area contributed by atoms with Gasteiger partial charge >= 0.3 is 0 Å². The van der Waals surface area contributed by atoms with Crippen LogP contribution in [0, 0.1) is 0 Å². The molecule has 0 aliphatic carbocycles. The van der Waals surface area contributed by atoms with E-state index in [-0.39, 0.29) is 12.5 Å². The Morgan fingerprint density at radius 3 is 3.10 bits per heavy atom. The summed E-state index contributed by atoms with van der Waals surface area (Å²) in [5.74, 6) is -0.203. The first-order valence-electron chi connectivity index (χ1n) is 6.35. The highest BCUT2D eigenvalue weighted by Crippen LogP contribution is 2.25. The number of amides is 1. The van der Waals surface area contributed by atoms with Gasteiger partial charge in [0.2, 0.25) is 5.91 Å². The first kappa shape index (κ1) is 13.2. The van der Waals surface area contributed by atoms with Crippen LogP contribution >= 0.6 is 11.3 Å². The normalized spacial score (nSPS) is 21.9. The van der Waals surface area contributed by atoms with Crippen LogP contribution in [0.5, 0.6) is 0 Å². The quantitative estimate of drug-likeness (QED) is 0.904. The second-order valence-corrected chi connectivity index (χ2v) is 5.73. The molecule has 1 fully saturated rings. The van der Waals surface area contributed by atoms with Crippen molar-refractivity contribution < 1.29 is 9.53 Å². The fourth-order valence-corrected chi connectivity index (χ4v) is 2.75. The lowest BCUT2D eigenvalue weighted by molar-refractivity contribution is -0.121. The molecule has 1 aromatic heterocycles. The molecular weight excluding hydrogens is 274 g/mol. The van der Waals surface area contributed by atoms with Crippen molar-refractivity contribution in [3.8, 4) is 10.6 Å². The van der Waals surface area contributed by atoms with Crippen LogP contribution in [0.1, 0.15) is 6.42 Å². The van der Waals surface area contributed by atoms with E-state index in [0.717, 1.165) is 16.3 Å². The lowest BCUT2D eigenvalue weighted by Gasteiger charge is -2.20. The molecule has 0 spiro atoms. The lowest BCUT2D eigenvalue weighted by Crippen LogP contribution is -2.51. The van der Waals surface area contributed by atoms with Crippen molar-refractivity contribution in [3.63, 3.8) is 0 Å². The zero-order valence-corrected chi connectivity index (χ0v) is 11.7. The van der Waals surface area contributed by atoms with Gasteiger partial charge in [0.15, 0.2) is 0 Å². The molecule has 20 heavy (non-hydrogen) atoms. The smallest absolute Gasteiger partial charge is 0.246 e. The third-order valence-electron chi connectivity index (χ3n) is 3.30. The maximum atomic E-state index is 12.2. The largest absolute Gasteiger partial charge is 0.379 e. The number of aromatic nitrogens is 1. The average Bonchev–Trinajstić information content (AvgIpc) is 3.11. The van der Waals surface area contributed by atoms with Crippen LogP contribution in [0.4, 0.5) is 5.69 Å². The first-order valence-corrected chi connectivity index (χ1v) is 7.23. The fourth-order valence-electron chi connectivity index (χ4n) is 2.11. The number of benzene rings is 1. The maximum absolute atomic E-state index is 12.2. The molecule has 2 aromatic rings. The van der Waals surface area contributed by atoms with E-state index >= 15 is 0 Å². The van der Waals surface area contributed by atoms with Gasteiger partial charge in [-0.2, -0.15) is 0 Å². The number of carbonyl (C=O) groups is 1. The number of thiazole rings is 1. The number of nitrogens with zero attached hydrogens (tertiary/aromatic N) is 1. The molecule has 1 atom stereocenters. The van der Waals surface area contributed by atoms with Crippen molar-refractivity contribution in [1.82, 2.24) is 4.98 Å².